The lowest BCUT2D eigenvalue weighted by molar-refractivity contribution is 0.0827. The lowest BCUT2D eigenvalue weighted by atomic mass is 9.95. The molecule has 1 aliphatic carbocycles. The van der Waals surface area contributed by atoms with E-state index in [9.17, 15) is 18.0 Å². The Morgan fingerprint density at radius 1 is 1.18 bits per heavy atom. The fourth-order valence-corrected chi connectivity index (χ4v) is 6.28. The number of carbonyl (C=O) groups excluding carboxylic acids is 2. The van der Waals surface area contributed by atoms with E-state index in [1.807, 2.05) is 12.1 Å². The molecule has 5 rings (SSSR count). The quantitative estimate of drug-likeness (QED) is 0.398. The van der Waals surface area contributed by atoms with Gasteiger partial charge in [0, 0.05) is 49.4 Å². The molecule has 1 aliphatic rings. The Kier molecular flexibility index (Phi) is 6.49. The number of aryl methyl sites for hydroxylation is 1. The van der Waals surface area contributed by atoms with Crippen molar-refractivity contribution in [2.24, 2.45) is 0 Å². The largest absolute Gasteiger partial charge is 0.453 e. The molecule has 1 aromatic carbocycles. The van der Waals surface area contributed by atoms with E-state index < -0.39 is 15.9 Å². The molecule has 1 N–H and O–H groups in total. The van der Waals surface area contributed by atoms with Gasteiger partial charge in [0.15, 0.2) is 15.0 Å². The van der Waals surface area contributed by atoms with Gasteiger partial charge in [-0.05, 0) is 43.2 Å². The minimum atomic E-state index is -3.77. The first-order valence-corrected chi connectivity index (χ1v) is 14.2. The highest BCUT2D eigenvalue weighted by molar-refractivity contribution is 7.90. The highest BCUT2D eigenvalue weighted by atomic mass is 32.2. The van der Waals surface area contributed by atoms with Crippen LogP contribution in [0.15, 0.2) is 47.6 Å². The van der Waals surface area contributed by atoms with Crippen LogP contribution in [0.1, 0.15) is 21.6 Å². The van der Waals surface area contributed by atoms with E-state index in [4.69, 9.17) is 9.84 Å². The fourth-order valence-electron chi connectivity index (χ4n) is 4.35. The molecule has 0 spiro atoms. The molecule has 11 nitrogen and oxygen atoms in total. The summed E-state index contributed by atoms with van der Waals surface area (Å²) in [7, 11) is 0.711. The molecule has 3 aromatic heterocycles. The van der Waals surface area contributed by atoms with E-state index in [-0.39, 0.29) is 16.4 Å². The number of anilines is 1. The second kappa shape index (κ2) is 9.65. The minimum Gasteiger partial charge on any atom is -0.453 e. The number of nitrogens with zero attached hydrogens (tertiary/aromatic N) is 5. The van der Waals surface area contributed by atoms with Crippen molar-refractivity contribution in [2.45, 2.75) is 17.7 Å². The van der Waals surface area contributed by atoms with E-state index in [1.165, 1.54) is 29.4 Å². The molecule has 0 bridgehead atoms. The average molecular weight is 553 g/mol. The third-order valence-electron chi connectivity index (χ3n) is 6.08. The first-order valence-electron chi connectivity index (χ1n) is 11.5. The van der Waals surface area contributed by atoms with Crippen molar-refractivity contribution in [1.82, 2.24) is 24.6 Å². The van der Waals surface area contributed by atoms with Crippen molar-refractivity contribution in [3.8, 4) is 27.5 Å². The van der Waals surface area contributed by atoms with Gasteiger partial charge >= 0.3 is 6.09 Å². The Balaban J connectivity index is 1.78. The van der Waals surface area contributed by atoms with Gasteiger partial charge in [-0.1, -0.05) is 11.3 Å². The molecular weight excluding hydrogens is 528 g/mol. The summed E-state index contributed by atoms with van der Waals surface area (Å²) < 4.78 is 32.2. The number of amides is 2. The molecule has 2 amide bonds. The van der Waals surface area contributed by atoms with Crippen LogP contribution in [0.25, 0.3) is 27.5 Å². The van der Waals surface area contributed by atoms with E-state index in [0.717, 1.165) is 28.0 Å². The van der Waals surface area contributed by atoms with Crippen LogP contribution in [0.4, 0.5) is 9.93 Å². The smallest absolute Gasteiger partial charge is 0.413 e. The average Bonchev–Trinajstić information content (AvgIpc) is 3.48. The Bertz CT molecular complexity index is 1680. The number of ether oxygens (including phenoxy) is 1. The van der Waals surface area contributed by atoms with Gasteiger partial charge in [-0.15, -0.1) is 0 Å². The van der Waals surface area contributed by atoms with Crippen LogP contribution in [-0.2, 0) is 27.4 Å². The third-order valence-corrected chi connectivity index (χ3v) is 8.22. The first-order chi connectivity index (χ1) is 18.1. The van der Waals surface area contributed by atoms with Crippen LogP contribution >= 0.6 is 11.3 Å². The number of nitrogens with one attached hydrogen (secondary N) is 1. The second-order valence-electron chi connectivity index (χ2n) is 8.89. The maximum absolute atomic E-state index is 13.0. The van der Waals surface area contributed by atoms with Crippen molar-refractivity contribution in [2.75, 3.05) is 32.8 Å². The summed E-state index contributed by atoms with van der Waals surface area (Å²) in [5.41, 5.74) is 4.34. The predicted molar refractivity (Wildman–Crippen MR) is 142 cm³/mol. The van der Waals surface area contributed by atoms with Crippen LogP contribution in [0.2, 0.25) is 0 Å². The Labute approximate surface area is 223 Å². The molecule has 3 heterocycles. The number of methoxy groups -OCH3 is 1. The van der Waals surface area contributed by atoms with E-state index in [2.05, 4.69) is 15.3 Å². The van der Waals surface area contributed by atoms with Gasteiger partial charge in [-0.25, -0.2) is 22.9 Å². The lowest BCUT2D eigenvalue weighted by Crippen LogP contribution is -2.22. The molecule has 0 unspecified atom stereocenters. The standard InChI is InChI=1S/C25H24N6O5S2/c1-30(2)23(32)14-7-10-18(19(12-14)38(4,34)35)31-21-16(20(29-31)15-6-5-11-26-13-15)8-9-17-22(21)37-24(27-17)28-25(33)36-3/h5-7,10-13H,8-9H2,1-4H3,(H,27,28,33). The SMILES string of the molecule is COC(=O)Nc1nc2c(s1)-c1c(c(-c3cccnc3)nn1-c1ccc(C(=O)N(C)C)cc1S(C)(=O)=O)CC2. The molecule has 38 heavy (non-hydrogen) atoms. The zero-order valence-electron chi connectivity index (χ0n) is 21.0. The van der Waals surface area contributed by atoms with Crippen LogP contribution in [0, 0.1) is 0 Å². The summed E-state index contributed by atoms with van der Waals surface area (Å²) in [6.45, 7) is 0. The fraction of sp³-hybridized carbons (Fsp3) is 0.240. The lowest BCUT2D eigenvalue weighted by Gasteiger charge is -2.17. The van der Waals surface area contributed by atoms with Crippen molar-refractivity contribution in [3.63, 3.8) is 0 Å². The van der Waals surface area contributed by atoms with Gasteiger partial charge in [0.05, 0.1) is 39.7 Å². The molecule has 0 saturated carbocycles. The van der Waals surface area contributed by atoms with Gasteiger partial charge in [0.25, 0.3) is 5.91 Å². The number of hydrogen-bond donors (Lipinski definition) is 1. The Hall–Kier alpha value is -4.10. The van der Waals surface area contributed by atoms with Crippen molar-refractivity contribution in [3.05, 3.63) is 59.5 Å². The number of sulfone groups is 1. The second-order valence-corrected chi connectivity index (χ2v) is 11.9. The van der Waals surface area contributed by atoms with E-state index in [1.54, 1.807) is 43.3 Å². The van der Waals surface area contributed by atoms with Crippen LogP contribution < -0.4 is 5.32 Å². The number of hydrogen-bond acceptors (Lipinski definition) is 9. The van der Waals surface area contributed by atoms with Crippen LogP contribution in [0.3, 0.4) is 0 Å². The molecular formula is C25H24N6O5S2. The highest BCUT2D eigenvalue weighted by Crippen LogP contribution is 2.44. The number of pyridine rings is 1. The minimum absolute atomic E-state index is 0.0298. The van der Waals surface area contributed by atoms with Crippen LogP contribution in [0.5, 0.6) is 0 Å². The summed E-state index contributed by atoms with van der Waals surface area (Å²) >= 11 is 1.25. The zero-order valence-corrected chi connectivity index (χ0v) is 22.7. The number of carbonyl (C=O) groups is 2. The monoisotopic (exact) mass is 552 g/mol. The van der Waals surface area contributed by atoms with Gasteiger partial charge in [0.1, 0.15) is 0 Å². The molecule has 196 valence electrons. The van der Waals surface area contributed by atoms with E-state index in [0.29, 0.717) is 35.0 Å². The summed E-state index contributed by atoms with van der Waals surface area (Å²) in [6, 6.07) is 8.26. The first kappa shape index (κ1) is 25.5. The number of aromatic nitrogens is 4. The van der Waals surface area contributed by atoms with Gasteiger partial charge < -0.3 is 9.64 Å². The van der Waals surface area contributed by atoms with E-state index >= 15 is 0 Å². The maximum Gasteiger partial charge on any atom is 0.413 e. The molecule has 0 saturated heterocycles. The van der Waals surface area contributed by atoms with Crippen molar-refractivity contribution in [1.29, 1.82) is 0 Å². The van der Waals surface area contributed by atoms with Gasteiger partial charge in [-0.2, -0.15) is 5.10 Å². The number of fused-ring (bicyclic) bond motifs is 3. The van der Waals surface area contributed by atoms with Gasteiger partial charge in [0.2, 0.25) is 0 Å². The Morgan fingerprint density at radius 3 is 2.63 bits per heavy atom. The molecule has 0 atom stereocenters. The normalized spacial score (nSPS) is 12.4. The highest BCUT2D eigenvalue weighted by Gasteiger charge is 2.32. The third kappa shape index (κ3) is 4.54. The molecule has 0 aliphatic heterocycles. The maximum atomic E-state index is 13.0. The molecule has 0 fully saturated rings. The van der Waals surface area contributed by atoms with Crippen molar-refractivity contribution < 1.29 is 22.7 Å². The summed E-state index contributed by atoms with van der Waals surface area (Å²) in [4.78, 5) is 35.3. The number of benzene rings is 1. The Morgan fingerprint density at radius 2 is 1.97 bits per heavy atom. The number of rotatable bonds is 5. The number of thiazole rings is 1. The molecule has 13 heteroatoms. The zero-order chi connectivity index (χ0) is 27.2. The topological polar surface area (TPSA) is 136 Å². The summed E-state index contributed by atoms with van der Waals surface area (Å²) in [6.07, 6.45) is 5.04. The summed E-state index contributed by atoms with van der Waals surface area (Å²) in [5.74, 6) is -0.316. The van der Waals surface area contributed by atoms with Crippen LogP contribution in [-0.4, -0.2) is 72.5 Å². The predicted octanol–water partition coefficient (Wildman–Crippen LogP) is 3.44. The summed E-state index contributed by atoms with van der Waals surface area (Å²) in [5, 5.41) is 7.86. The molecule has 0 radical (unpaired) electrons. The van der Waals surface area contributed by atoms with Crippen molar-refractivity contribution >= 4 is 38.3 Å². The van der Waals surface area contributed by atoms with Gasteiger partial charge in [-0.3, -0.25) is 15.1 Å². The molecule has 4 aromatic rings.